The zero-order valence-corrected chi connectivity index (χ0v) is 17.8. The first kappa shape index (κ1) is 22.3. The zero-order valence-electron chi connectivity index (χ0n) is 15.5. The molecule has 2 radical (unpaired) electrons. The second-order valence-corrected chi connectivity index (χ2v) is 7.07. The smallest absolute Gasteiger partial charge is 0.164 e. The SMILES string of the molecule is CC(C)(C)C(=O)/C=C(\O)CC[CH]Cc1cccc(-c2[c-]cccc2)n1.[Ir]. The Kier molecular flexibility index (Phi) is 8.90. The molecule has 0 amide bonds. The number of allylic oxidation sites excluding steroid dienone is 2. The standard InChI is InChI=1S/C22H25NO2.Ir/c1-22(2,3)21(25)16-19(24)14-8-7-12-18-13-9-15-20(23-18)17-10-5-4-6-11-17;/h4-7,9-10,13,15-16,24H,8,12,14H2,1-3H3;/q-1;/b19-16-;. The topological polar surface area (TPSA) is 50.2 Å². The van der Waals surface area contributed by atoms with E-state index in [4.69, 9.17) is 0 Å². The van der Waals surface area contributed by atoms with Gasteiger partial charge in [0.15, 0.2) is 5.78 Å². The molecule has 0 aliphatic rings. The number of ketones is 1. The van der Waals surface area contributed by atoms with E-state index in [1.165, 1.54) is 6.08 Å². The predicted octanol–water partition coefficient (Wildman–Crippen LogP) is 5.13. The fourth-order valence-corrected chi connectivity index (χ4v) is 2.24. The van der Waals surface area contributed by atoms with Gasteiger partial charge in [-0.1, -0.05) is 32.9 Å². The van der Waals surface area contributed by atoms with Crippen LogP contribution in [0.25, 0.3) is 11.3 Å². The number of aliphatic hydroxyl groups excluding tert-OH is 1. The third-order valence-electron chi connectivity index (χ3n) is 3.79. The average Bonchev–Trinajstić information content (AvgIpc) is 2.59. The molecule has 0 spiro atoms. The van der Waals surface area contributed by atoms with Crippen LogP contribution in [0.4, 0.5) is 0 Å². The third-order valence-corrected chi connectivity index (χ3v) is 3.79. The van der Waals surface area contributed by atoms with E-state index >= 15 is 0 Å². The third kappa shape index (κ3) is 7.23. The van der Waals surface area contributed by atoms with Gasteiger partial charge in [-0.3, -0.25) is 4.79 Å². The van der Waals surface area contributed by atoms with Gasteiger partial charge in [0.1, 0.15) is 0 Å². The minimum absolute atomic E-state index is 0. The van der Waals surface area contributed by atoms with Crippen molar-refractivity contribution in [2.45, 2.75) is 40.0 Å². The second kappa shape index (κ2) is 10.4. The summed E-state index contributed by atoms with van der Waals surface area (Å²) in [6, 6.07) is 16.9. The van der Waals surface area contributed by atoms with Crippen molar-refractivity contribution >= 4 is 5.78 Å². The number of benzene rings is 1. The fraction of sp³-hybridized carbons (Fsp3) is 0.318. The second-order valence-electron chi connectivity index (χ2n) is 7.07. The number of hydrogen-bond acceptors (Lipinski definition) is 3. The Morgan fingerprint density at radius 3 is 2.62 bits per heavy atom. The molecule has 4 heteroatoms. The Bertz CT molecular complexity index is 733. The minimum atomic E-state index is -0.462. The van der Waals surface area contributed by atoms with Crippen molar-refractivity contribution in [2.24, 2.45) is 5.41 Å². The van der Waals surface area contributed by atoms with E-state index < -0.39 is 5.41 Å². The molecule has 2 aromatic rings. The summed E-state index contributed by atoms with van der Waals surface area (Å²) in [5.41, 5.74) is 2.40. The molecule has 3 nitrogen and oxygen atoms in total. The van der Waals surface area contributed by atoms with Gasteiger partial charge in [-0.25, -0.2) is 0 Å². The van der Waals surface area contributed by atoms with E-state index in [0.29, 0.717) is 12.8 Å². The van der Waals surface area contributed by atoms with Crippen molar-refractivity contribution in [1.29, 1.82) is 0 Å². The first-order valence-corrected chi connectivity index (χ1v) is 8.55. The quantitative estimate of drug-likeness (QED) is 0.235. The molecule has 0 saturated carbocycles. The van der Waals surface area contributed by atoms with E-state index in [2.05, 4.69) is 17.5 Å². The van der Waals surface area contributed by atoms with Crippen LogP contribution in [0.1, 0.15) is 39.3 Å². The molecule has 0 aliphatic heterocycles. The molecule has 0 saturated heterocycles. The van der Waals surface area contributed by atoms with Gasteiger partial charge in [0.25, 0.3) is 0 Å². The number of nitrogens with zero attached hydrogens (tertiary/aromatic N) is 1. The van der Waals surface area contributed by atoms with Gasteiger partial charge < -0.3 is 10.1 Å². The summed E-state index contributed by atoms with van der Waals surface area (Å²) < 4.78 is 0. The molecule has 0 unspecified atom stereocenters. The van der Waals surface area contributed by atoms with Crippen molar-refractivity contribution in [3.63, 3.8) is 0 Å². The minimum Gasteiger partial charge on any atom is -0.512 e. The molecular weight excluding hydrogens is 502 g/mol. The van der Waals surface area contributed by atoms with Crippen LogP contribution in [-0.4, -0.2) is 15.9 Å². The van der Waals surface area contributed by atoms with Crippen LogP contribution in [-0.2, 0) is 31.3 Å². The molecule has 1 N–H and O–H groups in total. The predicted molar refractivity (Wildman–Crippen MR) is 101 cm³/mol. The number of aromatic nitrogens is 1. The molecule has 0 aliphatic carbocycles. The van der Waals surface area contributed by atoms with Gasteiger partial charge in [0.05, 0.1) is 5.76 Å². The number of carbonyl (C=O) groups excluding carboxylic acids is 1. The normalized spacial score (nSPS) is 11.7. The molecule has 1 heterocycles. The van der Waals surface area contributed by atoms with Crippen LogP contribution >= 0.6 is 0 Å². The maximum Gasteiger partial charge on any atom is 0.164 e. The molecule has 1 aromatic carbocycles. The summed E-state index contributed by atoms with van der Waals surface area (Å²) in [6.45, 7) is 5.52. The Hall–Kier alpha value is -1.77. The van der Waals surface area contributed by atoms with Gasteiger partial charge in [-0.05, 0) is 31.0 Å². The summed E-state index contributed by atoms with van der Waals surface area (Å²) >= 11 is 0. The van der Waals surface area contributed by atoms with Crippen LogP contribution in [0, 0.1) is 17.9 Å². The number of hydrogen-bond donors (Lipinski definition) is 1. The van der Waals surface area contributed by atoms with Crippen LogP contribution in [0.3, 0.4) is 0 Å². The van der Waals surface area contributed by atoms with Crippen molar-refractivity contribution in [3.8, 4) is 11.3 Å². The molecule has 2 rings (SSSR count). The largest absolute Gasteiger partial charge is 0.512 e. The molecule has 1 aromatic heterocycles. The summed E-state index contributed by atoms with van der Waals surface area (Å²) in [6.07, 6.45) is 5.31. The van der Waals surface area contributed by atoms with Crippen molar-refractivity contribution in [3.05, 3.63) is 72.5 Å². The molecule has 26 heavy (non-hydrogen) atoms. The fourth-order valence-electron chi connectivity index (χ4n) is 2.24. The van der Waals surface area contributed by atoms with Gasteiger partial charge in [0.2, 0.25) is 0 Å². The molecule has 0 bridgehead atoms. The van der Waals surface area contributed by atoms with E-state index in [9.17, 15) is 9.90 Å². The van der Waals surface area contributed by atoms with Gasteiger partial charge >= 0.3 is 0 Å². The Morgan fingerprint density at radius 1 is 1.19 bits per heavy atom. The van der Waals surface area contributed by atoms with Crippen molar-refractivity contribution < 1.29 is 30.0 Å². The van der Waals surface area contributed by atoms with Crippen molar-refractivity contribution in [2.75, 3.05) is 0 Å². The van der Waals surface area contributed by atoms with Crippen LogP contribution in [0.2, 0.25) is 0 Å². The molecular formula is C22H25IrNO2-. The summed E-state index contributed by atoms with van der Waals surface area (Å²) in [7, 11) is 0. The maximum atomic E-state index is 11.8. The Balaban J connectivity index is 0.00000338. The number of aliphatic hydroxyl groups is 1. The average molecular weight is 528 g/mol. The first-order valence-electron chi connectivity index (χ1n) is 8.55. The van der Waals surface area contributed by atoms with E-state index in [-0.39, 0.29) is 31.6 Å². The van der Waals surface area contributed by atoms with Gasteiger partial charge in [0, 0.05) is 43.7 Å². The number of carbonyl (C=O) groups is 1. The summed E-state index contributed by atoms with van der Waals surface area (Å²) in [5.74, 6) is 0.0789. The molecule has 0 fully saturated rings. The van der Waals surface area contributed by atoms with Crippen LogP contribution < -0.4 is 0 Å². The molecule has 140 valence electrons. The van der Waals surface area contributed by atoms with E-state index in [0.717, 1.165) is 23.4 Å². The number of rotatable bonds is 7. The van der Waals surface area contributed by atoms with Crippen LogP contribution in [0.5, 0.6) is 0 Å². The van der Waals surface area contributed by atoms with Gasteiger partial charge in [-0.15, -0.1) is 35.9 Å². The van der Waals surface area contributed by atoms with Crippen molar-refractivity contribution in [1.82, 2.24) is 4.98 Å². The first-order chi connectivity index (χ1) is 11.9. The van der Waals surface area contributed by atoms with E-state index in [1.807, 2.05) is 63.2 Å². The maximum absolute atomic E-state index is 11.8. The Morgan fingerprint density at radius 2 is 1.96 bits per heavy atom. The number of unbranched alkanes of at least 4 members (excludes halogenated alkanes) is 1. The van der Waals surface area contributed by atoms with Gasteiger partial charge in [-0.2, -0.15) is 0 Å². The zero-order chi connectivity index (χ0) is 18.3. The summed E-state index contributed by atoms with van der Waals surface area (Å²) in [5, 5.41) is 9.87. The number of pyridine rings is 1. The van der Waals surface area contributed by atoms with Crippen LogP contribution in [0.15, 0.2) is 54.3 Å². The summed E-state index contributed by atoms with van der Waals surface area (Å²) in [4.78, 5) is 16.5. The molecule has 0 atom stereocenters. The van der Waals surface area contributed by atoms with E-state index in [1.54, 1.807) is 0 Å². The monoisotopic (exact) mass is 528 g/mol. The Labute approximate surface area is 169 Å².